The van der Waals surface area contributed by atoms with Gasteiger partial charge in [0.05, 0.1) is 23.8 Å². The first-order valence-electron chi connectivity index (χ1n) is 22.3. The summed E-state index contributed by atoms with van der Waals surface area (Å²) in [5.41, 5.74) is -2.26. The van der Waals surface area contributed by atoms with Crippen molar-refractivity contribution in [3.05, 3.63) is 104 Å². The van der Waals surface area contributed by atoms with Gasteiger partial charge in [0.1, 0.15) is 34.2 Å². The molecule has 69 heavy (non-hydrogen) atoms. The van der Waals surface area contributed by atoms with Crippen LogP contribution in [0.25, 0.3) is 17.6 Å². The van der Waals surface area contributed by atoms with Gasteiger partial charge in [-0.3, -0.25) is 14.5 Å². The lowest BCUT2D eigenvalue weighted by Gasteiger charge is -2.62. The van der Waals surface area contributed by atoms with E-state index in [0.717, 1.165) is 11.1 Å². The van der Waals surface area contributed by atoms with Crippen LogP contribution in [0.15, 0.2) is 76.4 Å². The maximum atomic E-state index is 15.8. The van der Waals surface area contributed by atoms with E-state index in [1.165, 1.54) is 7.11 Å². The molecule has 0 radical (unpaired) electrons. The second kappa shape index (κ2) is 16.4. The topological polar surface area (TPSA) is 257 Å². The minimum Gasteiger partial charge on any atom is -0.482 e. The number of ether oxygens (including phenoxy) is 5. The Hall–Kier alpha value is -4.70. The number of rotatable bonds is 14. The van der Waals surface area contributed by atoms with E-state index in [0.29, 0.717) is 35.1 Å². The first-order valence-corrected chi connectivity index (χ1v) is 26.8. The van der Waals surface area contributed by atoms with Crippen molar-refractivity contribution in [2.75, 3.05) is 7.11 Å². The predicted molar refractivity (Wildman–Crippen MR) is 248 cm³/mol. The van der Waals surface area contributed by atoms with E-state index >= 15 is 4.79 Å². The van der Waals surface area contributed by atoms with Crippen LogP contribution in [0.4, 0.5) is 0 Å². The fraction of sp³-hybridized carbons (Fsp3) is 0.438. The van der Waals surface area contributed by atoms with Gasteiger partial charge in [-0.25, -0.2) is 18.5 Å². The third kappa shape index (κ3) is 7.83. The number of ketones is 2. The lowest BCUT2D eigenvalue weighted by atomic mass is 9.45. The number of fused-ring (bicyclic) bond motifs is 5. The zero-order valence-corrected chi connectivity index (χ0v) is 42.0. The lowest BCUT2D eigenvalue weighted by Crippen LogP contribution is -2.75. The first kappa shape index (κ1) is 49.3. The molecule has 18 nitrogen and oxygen atoms in total. The Labute approximate surface area is 398 Å². The normalized spacial score (nSPS) is 29.2. The van der Waals surface area contributed by atoms with E-state index in [1.54, 1.807) is 49.4 Å². The first-order chi connectivity index (χ1) is 32.1. The zero-order chi connectivity index (χ0) is 50.2. The van der Waals surface area contributed by atoms with Crippen molar-refractivity contribution >= 4 is 58.6 Å². The Balaban J connectivity index is 1.39. The van der Waals surface area contributed by atoms with Gasteiger partial charge in [-0.05, 0) is 93.2 Å². The third-order valence-electron chi connectivity index (χ3n) is 14.0. The number of carbonyl (C=O) groups is 3. The quantitative estimate of drug-likeness (QED) is 0.0595. The molecule has 2 aromatic carbocycles. The van der Waals surface area contributed by atoms with E-state index in [9.17, 15) is 42.9 Å². The van der Waals surface area contributed by atoms with E-state index in [4.69, 9.17) is 28.2 Å². The van der Waals surface area contributed by atoms with Crippen LogP contribution in [0.1, 0.15) is 114 Å². The monoisotopic (exact) mass is 1010 g/mol. The molecule has 21 heteroatoms. The molecular weight excluding hydrogens is 957 g/mol. The van der Waals surface area contributed by atoms with E-state index in [1.807, 2.05) is 60.6 Å². The van der Waals surface area contributed by atoms with Gasteiger partial charge in [-0.15, -0.1) is 0 Å². The summed E-state index contributed by atoms with van der Waals surface area (Å²) in [5.74, 6) is -4.42. The Morgan fingerprint density at radius 2 is 1.55 bits per heavy atom. The molecule has 4 heterocycles. The molecule has 10 rings (SSSR count). The molecule has 4 N–H and O–H groups in total. The third-order valence-corrected chi connectivity index (χ3v) is 17.8. The summed E-state index contributed by atoms with van der Waals surface area (Å²) in [4.78, 5) is 83.9. The summed E-state index contributed by atoms with van der Waals surface area (Å²) in [6.45, 7) is 14.7. The molecule has 0 amide bonds. The van der Waals surface area contributed by atoms with Crippen LogP contribution in [0.2, 0.25) is 0 Å². The highest BCUT2D eigenvalue weighted by atomic mass is 31.3. The molecule has 1 saturated heterocycles. The average molecular weight is 1010 g/mol. The summed E-state index contributed by atoms with van der Waals surface area (Å²) in [7, 11) is -16.6. The molecule has 4 bridgehead atoms. The van der Waals surface area contributed by atoms with Crippen molar-refractivity contribution in [2.24, 2.45) is 17.8 Å². The van der Waals surface area contributed by atoms with Gasteiger partial charge in [0.25, 0.3) is 0 Å². The second-order valence-electron chi connectivity index (χ2n) is 19.6. The largest absolute Gasteiger partial charge is 0.536 e. The molecule has 4 fully saturated rings. The molecule has 368 valence electrons. The minimum absolute atomic E-state index is 0.0190. The summed E-state index contributed by atoms with van der Waals surface area (Å²) in [5, 5.41) is 0. The SMILES string of the molecule is COC(=O)/C(C)=C\CC12OC(C)(C)C3CC(C1=O)C1C4=C(OC5=C1C32Oc1c(CC=C(C)C)c2c(c(OP(=O)(O)OP(=O)(O)OP(=O)(O)O)c15)C=CC(C)(CCC=C(C)C)O2)c1ccccc1C4=O. The number of allylic oxidation sites excluding steroid dienone is 5. The Kier molecular flexibility index (Phi) is 11.7. The number of benzene rings is 2. The van der Waals surface area contributed by atoms with Crippen molar-refractivity contribution in [1.29, 1.82) is 0 Å². The van der Waals surface area contributed by atoms with Crippen LogP contribution in [-0.4, -0.2) is 66.6 Å². The van der Waals surface area contributed by atoms with Crippen LogP contribution in [0.3, 0.4) is 0 Å². The van der Waals surface area contributed by atoms with Gasteiger partial charge in [-0.2, -0.15) is 8.62 Å². The number of phosphoric acid groups is 3. The fourth-order valence-corrected chi connectivity index (χ4v) is 14.4. The number of hydrogen-bond donors (Lipinski definition) is 4. The maximum absolute atomic E-state index is 15.8. The number of methoxy groups -OCH3 is 1. The van der Waals surface area contributed by atoms with Crippen molar-refractivity contribution < 1.29 is 84.5 Å². The smallest absolute Gasteiger partial charge is 0.482 e. The summed E-state index contributed by atoms with van der Waals surface area (Å²) < 4.78 is 86.8. The standard InChI is InChI=1S/C48H53O18P3/c1-24(2)13-12-20-46(8)21-19-30-38(61-46)29(17-16-25(3)4)40-35(41(30)63-68(55,56)66-69(57,58)65-67(52,53)54)42-36-33(34-37(49)27-14-10-11-15-28(27)39(34)60-42)31-23-32-45(6,7)64-47(43(31)50,48(32,36)62-40)22-18-26(5)44(51)59-9/h10-11,13-16,18-19,21,31-33H,12,17,20,22-23H2,1-9H3,(H,55,56)(H,57,58)(H2,52,53,54)/b26-18-. The van der Waals surface area contributed by atoms with Gasteiger partial charge in [0.2, 0.25) is 0 Å². The summed E-state index contributed by atoms with van der Waals surface area (Å²) in [6, 6.07) is 6.76. The average Bonchev–Trinajstić information content (AvgIpc) is 3.59. The van der Waals surface area contributed by atoms with Crippen molar-refractivity contribution in [2.45, 2.75) is 110 Å². The van der Waals surface area contributed by atoms with Gasteiger partial charge in [-0.1, -0.05) is 53.6 Å². The highest BCUT2D eigenvalue weighted by molar-refractivity contribution is 7.66. The molecule has 4 aliphatic carbocycles. The molecule has 2 aromatic rings. The van der Waals surface area contributed by atoms with Crippen LogP contribution in [0.5, 0.6) is 17.2 Å². The van der Waals surface area contributed by atoms with Gasteiger partial charge in [0, 0.05) is 52.0 Å². The highest BCUT2D eigenvalue weighted by Crippen LogP contribution is 2.76. The zero-order valence-electron chi connectivity index (χ0n) is 39.3. The van der Waals surface area contributed by atoms with E-state index < -0.39 is 75.3 Å². The van der Waals surface area contributed by atoms with Crippen molar-refractivity contribution in [1.82, 2.24) is 0 Å². The van der Waals surface area contributed by atoms with Crippen molar-refractivity contribution in [3.8, 4) is 17.2 Å². The second-order valence-corrected chi connectivity index (χ2v) is 24.0. The lowest BCUT2D eigenvalue weighted by molar-refractivity contribution is -0.181. The number of Topliss-reactive ketones (excluding diaryl/α,β-unsaturated/α-hetero) is 2. The maximum Gasteiger partial charge on any atom is 0.536 e. The molecule has 8 aliphatic rings. The molecule has 1 spiro atoms. The van der Waals surface area contributed by atoms with E-state index in [2.05, 4.69) is 8.62 Å². The Morgan fingerprint density at radius 1 is 0.870 bits per heavy atom. The van der Waals surface area contributed by atoms with Crippen LogP contribution in [-0.2, 0) is 52.5 Å². The molecule has 8 atom stereocenters. The molecule has 8 unspecified atom stereocenters. The van der Waals surface area contributed by atoms with E-state index in [-0.39, 0.29) is 76.1 Å². The van der Waals surface area contributed by atoms with Gasteiger partial charge >= 0.3 is 29.4 Å². The number of hydrogen-bond acceptors (Lipinski definition) is 14. The molecular formula is C48H53O18P3. The number of phosphoric ester groups is 1. The van der Waals surface area contributed by atoms with Crippen LogP contribution in [0, 0.1) is 17.8 Å². The Bertz CT molecular complexity index is 3010. The molecule has 0 aromatic heterocycles. The van der Waals surface area contributed by atoms with Crippen LogP contribution >= 0.6 is 23.5 Å². The van der Waals surface area contributed by atoms with Gasteiger partial charge in [0.15, 0.2) is 28.5 Å². The number of carbonyl (C=O) groups excluding carboxylic acids is 3. The van der Waals surface area contributed by atoms with Gasteiger partial charge < -0.3 is 42.9 Å². The molecule has 3 saturated carbocycles. The summed E-state index contributed by atoms with van der Waals surface area (Å²) >= 11 is 0. The molecule has 4 aliphatic heterocycles. The summed E-state index contributed by atoms with van der Waals surface area (Å²) in [6.07, 6.45) is 9.93. The highest BCUT2D eigenvalue weighted by Gasteiger charge is 2.84. The number of esters is 1. The predicted octanol–water partition coefficient (Wildman–Crippen LogP) is 9.18. The minimum atomic E-state index is -6.05. The Morgan fingerprint density at radius 3 is 2.20 bits per heavy atom. The van der Waals surface area contributed by atoms with Crippen molar-refractivity contribution in [3.63, 3.8) is 0 Å². The fourth-order valence-electron chi connectivity index (χ4n) is 11.4. The van der Waals surface area contributed by atoms with Crippen LogP contribution < -0.4 is 14.0 Å².